The molecule has 2 aromatic rings. The zero-order valence-electron chi connectivity index (χ0n) is 9.83. The summed E-state index contributed by atoms with van der Waals surface area (Å²) in [5.41, 5.74) is 0.352. The van der Waals surface area contributed by atoms with Gasteiger partial charge in [0, 0.05) is 11.1 Å². The number of ether oxygens (including phenoxy) is 1. The van der Waals surface area contributed by atoms with Gasteiger partial charge in [0.2, 0.25) is 5.78 Å². The Hall–Kier alpha value is -2.60. The number of Topliss-reactive ketones (excluding diaryl/α,β-unsaturated/α-hetero) is 1. The summed E-state index contributed by atoms with van der Waals surface area (Å²) in [4.78, 5) is 21.9. The minimum Gasteiger partial charge on any atom is -0.452 e. The van der Waals surface area contributed by atoms with Crippen molar-refractivity contribution in [1.29, 1.82) is 0 Å². The Morgan fingerprint density at radius 1 is 1.25 bits per heavy atom. The van der Waals surface area contributed by atoms with Gasteiger partial charge < -0.3 is 9.15 Å². The molecule has 0 atom stereocenters. The number of furan rings is 1. The van der Waals surface area contributed by atoms with Gasteiger partial charge in [-0.05, 0) is 24.3 Å². The van der Waals surface area contributed by atoms with Crippen molar-refractivity contribution >= 4 is 29.3 Å². The average molecular weight is 292 g/mol. The van der Waals surface area contributed by atoms with Gasteiger partial charge in [0.25, 0.3) is 0 Å². The van der Waals surface area contributed by atoms with E-state index >= 15 is 0 Å². The van der Waals surface area contributed by atoms with Gasteiger partial charge in [-0.25, -0.2) is 0 Å². The molecular weight excluding hydrogens is 286 g/mol. The van der Waals surface area contributed by atoms with Crippen LogP contribution in [0.15, 0.2) is 40.5 Å². The first-order valence-corrected chi connectivity index (χ1v) is 5.90. The van der Waals surface area contributed by atoms with Crippen LogP contribution in [0.5, 0.6) is 5.75 Å². The normalized spacial score (nSPS) is 15.2. The number of carbonyl (C=O) groups is 1. The van der Waals surface area contributed by atoms with Crippen LogP contribution in [-0.2, 0) is 0 Å². The van der Waals surface area contributed by atoms with Crippen molar-refractivity contribution in [3.05, 3.63) is 62.6 Å². The third kappa shape index (κ3) is 2.06. The molecule has 3 rings (SSSR count). The maximum atomic E-state index is 12.1. The zero-order valence-corrected chi connectivity index (χ0v) is 10.6. The first kappa shape index (κ1) is 12.4. The van der Waals surface area contributed by atoms with Crippen LogP contribution in [0.25, 0.3) is 6.08 Å². The molecule has 0 aliphatic carbocycles. The van der Waals surface area contributed by atoms with Gasteiger partial charge in [-0.1, -0.05) is 11.6 Å². The molecule has 0 unspecified atom stereocenters. The van der Waals surface area contributed by atoms with E-state index in [1.165, 1.54) is 24.3 Å². The smallest absolute Gasteiger partial charge is 0.433 e. The van der Waals surface area contributed by atoms with Crippen molar-refractivity contribution < 1.29 is 18.9 Å². The molecule has 1 aliphatic heterocycles. The molecule has 0 bridgehead atoms. The second-order valence-corrected chi connectivity index (χ2v) is 4.45. The molecule has 0 saturated carbocycles. The Morgan fingerprint density at radius 2 is 2.05 bits per heavy atom. The van der Waals surface area contributed by atoms with Crippen molar-refractivity contribution in [1.82, 2.24) is 0 Å². The Balaban J connectivity index is 1.94. The molecule has 20 heavy (non-hydrogen) atoms. The minimum atomic E-state index is -0.659. The molecule has 0 spiro atoms. The van der Waals surface area contributed by atoms with Crippen LogP contribution in [0.4, 0.5) is 5.88 Å². The number of nitrogens with zero attached hydrogens (tertiary/aromatic N) is 1. The van der Waals surface area contributed by atoms with Crippen molar-refractivity contribution in [2.45, 2.75) is 0 Å². The van der Waals surface area contributed by atoms with Crippen molar-refractivity contribution in [2.75, 3.05) is 0 Å². The van der Waals surface area contributed by atoms with Crippen LogP contribution in [0.2, 0.25) is 5.02 Å². The Morgan fingerprint density at radius 3 is 2.75 bits per heavy atom. The van der Waals surface area contributed by atoms with Crippen LogP contribution >= 0.6 is 11.6 Å². The number of hydrogen-bond acceptors (Lipinski definition) is 5. The summed E-state index contributed by atoms with van der Waals surface area (Å²) in [6, 6.07) is 7.29. The standard InChI is InChI=1S/C13H6ClNO5/c14-7-1-3-10-9(5-7)13(16)11(20-10)6-8-2-4-12(19-8)15(17)18/h1-6H/b11-6-. The quantitative estimate of drug-likeness (QED) is 0.481. The predicted octanol–water partition coefficient (Wildman–Crippen LogP) is 3.46. The highest BCUT2D eigenvalue weighted by Gasteiger charge is 2.28. The summed E-state index contributed by atoms with van der Waals surface area (Å²) in [7, 11) is 0. The van der Waals surface area contributed by atoms with Crippen molar-refractivity contribution in [3.8, 4) is 5.75 Å². The number of carbonyl (C=O) groups excluding carboxylic acids is 1. The fraction of sp³-hybridized carbons (Fsp3) is 0. The number of halogens is 1. The number of ketones is 1. The molecule has 2 heterocycles. The zero-order chi connectivity index (χ0) is 14.3. The Bertz CT molecular complexity index is 762. The maximum absolute atomic E-state index is 12.1. The lowest BCUT2D eigenvalue weighted by Crippen LogP contribution is -1.97. The molecule has 0 N–H and O–H groups in total. The number of hydrogen-bond donors (Lipinski definition) is 0. The van der Waals surface area contributed by atoms with E-state index in [0.717, 1.165) is 0 Å². The highest BCUT2D eigenvalue weighted by atomic mass is 35.5. The Kier molecular flexibility index (Phi) is 2.80. The molecule has 0 amide bonds. The van der Waals surface area contributed by atoms with Crippen LogP contribution in [0, 0.1) is 10.1 Å². The average Bonchev–Trinajstić information content (AvgIpc) is 2.98. The molecule has 100 valence electrons. The SMILES string of the molecule is O=C1/C(=C/c2ccc([N+](=O)[O-])o2)Oc2ccc(Cl)cc21. The summed E-state index contributed by atoms with van der Waals surface area (Å²) in [5.74, 6) is -0.151. The van der Waals surface area contributed by atoms with Gasteiger partial charge >= 0.3 is 5.88 Å². The van der Waals surface area contributed by atoms with E-state index in [1.807, 2.05) is 0 Å². The van der Waals surface area contributed by atoms with Crippen molar-refractivity contribution in [2.24, 2.45) is 0 Å². The fourth-order valence-corrected chi connectivity index (χ4v) is 1.98. The van der Waals surface area contributed by atoms with Crippen LogP contribution in [0.1, 0.15) is 16.1 Å². The summed E-state index contributed by atoms with van der Waals surface area (Å²) < 4.78 is 10.3. The molecular formula is C13H6ClNO5. The van der Waals surface area contributed by atoms with Gasteiger partial charge in [-0.3, -0.25) is 14.9 Å². The van der Waals surface area contributed by atoms with Gasteiger partial charge in [-0.2, -0.15) is 0 Å². The van der Waals surface area contributed by atoms with Gasteiger partial charge in [0.1, 0.15) is 16.4 Å². The molecule has 1 aliphatic rings. The minimum absolute atomic E-state index is 0.0338. The van der Waals surface area contributed by atoms with E-state index in [0.29, 0.717) is 16.3 Å². The van der Waals surface area contributed by atoms with E-state index in [-0.39, 0.29) is 17.3 Å². The topological polar surface area (TPSA) is 82.6 Å². The molecule has 0 radical (unpaired) electrons. The highest BCUT2D eigenvalue weighted by Crippen LogP contribution is 2.34. The molecule has 7 heteroatoms. The number of benzene rings is 1. The predicted molar refractivity (Wildman–Crippen MR) is 69.7 cm³/mol. The van der Waals surface area contributed by atoms with E-state index in [4.69, 9.17) is 20.8 Å². The van der Waals surface area contributed by atoms with Crippen LogP contribution < -0.4 is 4.74 Å². The lowest BCUT2D eigenvalue weighted by atomic mass is 10.1. The molecule has 1 aromatic carbocycles. The van der Waals surface area contributed by atoms with Gasteiger partial charge in [-0.15, -0.1) is 0 Å². The monoisotopic (exact) mass is 291 g/mol. The third-order valence-corrected chi connectivity index (χ3v) is 2.93. The lowest BCUT2D eigenvalue weighted by molar-refractivity contribution is -0.402. The third-order valence-electron chi connectivity index (χ3n) is 2.70. The maximum Gasteiger partial charge on any atom is 0.433 e. The summed E-state index contributed by atoms with van der Waals surface area (Å²) >= 11 is 5.81. The summed E-state index contributed by atoms with van der Waals surface area (Å²) in [5, 5.41) is 10.9. The molecule has 0 fully saturated rings. The second-order valence-electron chi connectivity index (χ2n) is 4.01. The number of allylic oxidation sites excluding steroid dienone is 1. The summed E-state index contributed by atoms with van der Waals surface area (Å²) in [6.45, 7) is 0. The number of nitro groups is 1. The van der Waals surface area contributed by atoms with E-state index in [9.17, 15) is 14.9 Å². The highest BCUT2D eigenvalue weighted by molar-refractivity contribution is 6.31. The number of rotatable bonds is 2. The van der Waals surface area contributed by atoms with Gasteiger partial charge in [0.05, 0.1) is 11.6 Å². The van der Waals surface area contributed by atoms with Gasteiger partial charge in [0.15, 0.2) is 5.76 Å². The van der Waals surface area contributed by atoms with E-state index in [1.54, 1.807) is 12.1 Å². The first-order chi connectivity index (χ1) is 9.54. The second kappa shape index (κ2) is 4.50. The molecule has 6 nitrogen and oxygen atoms in total. The molecule has 0 saturated heterocycles. The fourth-order valence-electron chi connectivity index (χ4n) is 1.81. The van der Waals surface area contributed by atoms with Crippen molar-refractivity contribution in [3.63, 3.8) is 0 Å². The van der Waals surface area contributed by atoms with Crippen LogP contribution in [-0.4, -0.2) is 10.7 Å². The number of fused-ring (bicyclic) bond motifs is 1. The first-order valence-electron chi connectivity index (χ1n) is 5.52. The molecule has 1 aromatic heterocycles. The largest absolute Gasteiger partial charge is 0.452 e. The lowest BCUT2D eigenvalue weighted by Gasteiger charge is -1.96. The van der Waals surface area contributed by atoms with E-state index < -0.39 is 10.8 Å². The van der Waals surface area contributed by atoms with Crippen LogP contribution in [0.3, 0.4) is 0 Å². The summed E-state index contributed by atoms with van der Waals surface area (Å²) in [6.07, 6.45) is 1.31. The van der Waals surface area contributed by atoms with E-state index in [2.05, 4.69) is 0 Å². The Labute approximate surface area is 117 Å².